The summed E-state index contributed by atoms with van der Waals surface area (Å²) in [5.74, 6) is 2.67. The van der Waals surface area contributed by atoms with Crippen molar-refractivity contribution < 1.29 is 9.47 Å². The third-order valence-electron chi connectivity index (χ3n) is 3.58. The molecule has 1 aliphatic carbocycles. The van der Waals surface area contributed by atoms with Gasteiger partial charge in [0.1, 0.15) is 17.6 Å². The van der Waals surface area contributed by atoms with Crippen LogP contribution in [0.1, 0.15) is 25.7 Å². The Kier molecular flexibility index (Phi) is 3.69. The first-order valence-electron chi connectivity index (χ1n) is 7.00. The van der Waals surface area contributed by atoms with Crippen LogP contribution in [0.5, 0.6) is 11.5 Å². The van der Waals surface area contributed by atoms with E-state index >= 15 is 0 Å². The van der Waals surface area contributed by atoms with Crippen LogP contribution in [0.25, 0.3) is 0 Å². The first-order chi connectivity index (χ1) is 8.90. The second-order valence-electron chi connectivity index (χ2n) is 5.30. The van der Waals surface area contributed by atoms with Crippen molar-refractivity contribution >= 4 is 0 Å². The Hall–Kier alpha value is -1.22. The molecule has 1 aromatic carbocycles. The molecule has 1 saturated carbocycles. The molecular weight excluding hydrogens is 226 g/mol. The molecule has 0 unspecified atom stereocenters. The van der Waals surface area contributed by atoms with E-state index in [9.17, 15) is 0 Å². The molecule has 0 atom stereocenters. The predicted octanol–water partition coefficient (Wildman–Crippen LogP) is 2.61. The van der Waals surface area contributed by atoms with E-state index in [-0.39, 0.29) is 0 Å². The summed E-state index contributed by atoms with van der Waals surface area (Å²) >= 11 is 0. The van der Waals surface area contributed by atoms with E-state index in [1.165, 1.54) is 12.8 Å². The molecule has 1 aromatic rings. The lowest BCUT2D eigenvalue weighted by molar-refractivity contribution is 0.161. The minimum absolute atomic E-state index is 0.352. The van der Waals surface area contributed by atoms with Crippen molar-refractivity contribution in [3.05, 3.63) is 24.3 Å². The maximum atomic E-state index is 6.00. The Labute approximate surface area is 108 Å². The van der Waals surface area contributed by atoms with Crippen molar-refractivity contribution in [1.29, 1.82) is 0 Å². The second-order valence-corrected chi connectivity index (χ2v) is 5.30. The summed E-state index contributed by atoms with van der Waals surface area (Å²) in [6.07, 6.45) is 5.18. The van der Waals surface area contributed by atoms with Crippen molar-refractivity contribution in [3.63, 3.8) is 0 Å². The third-order valence-corrected chi connectivity index (χ3v) is 3.58. The highest BCUT2D eigenvalue weighted by Crippen LogP contribution is 2.30. The van der Waals surface area contributed by atoms with Gasteiger partial charge in [-0.05, 0) is 56.8 Å². The lowest BCUT2D eigenvalue weighted by atomic mass is 10.1. The van der Waals surface area contributed by atoms with Crippen molar-refractivity contribution in [3.8, 4) is 11.5 Å². The van der Waals surface area contributed by atoms with E-state index in [1.54, 1.807) is 0 Å². The van der Waals surface area contributed by atoms with Gasteiger partial charge in [0.15, 0.2) is 0 Å². The van der Waals surface area contributed by atoms with E-state index in [2.05, 4.69) is 5.32 Å². The Balaban J connectivity index is 1.55. The highest BCUT2D eigenvalue weighted by molar-refractivity contribution is 5.33. The number of ether oxygens (including phenoxy) is 2. The smallest absolute Gasteiger partial charge is 0.123 e. The Morgan fingerprint density at radius 2 is 1.83 bits per heavy atom. The molecule has 1 saturated heterocycles. The molecule has 0 spiro atoms. The van der Waals surface area contributed by atoms with Gasteiger partial charge in [-0.1, -0.05) is 6.07 Å². The Bertz CT molecular complexity index is 384. The highest BCUT2D eigenvalue weighted by atomic mass is 16.5. The van der Waals surface area contributed by atoms with Crippen LogP contribution in [0.2, 0.25) is 0 Å². The van der Waals surface area contributed by atoms with Crippen molar-refractivity contribution in [2.24, 2.45) is 5.92 Å². The number of hydrogen-bond donors (Lipinski definition) is 1. The zero-order valence-corrected chi connectivity index (χ0v) is 10.7. The molecule has 3 heteroatoms. The fourth-order valence-electron chi connectivity index (χ4n) is 2.24. The summed E-state index contributed by atoms with van der Waals surface area (Å²) in [5, 5.41) is 3.35. The standard InChI is InChI=1S/C15H21NO2/c1-2-14(17-11-12-4-5-12)10-15(3-1)18-13-6-8-16-9-7-13/h1-3,10,12-13,16H,4-9,11H2. The van der Waals surface area contributed by atoms with Gasteiger partial charge >= 0.3 is 0 Å². The summed E-state index contributed by atoms with van der Waals surface area (Å²) in [6.45, 7) is 2.97. The lowest BCUT2D eigenvalue weighted by Crippen LogP contribution is -2.34. The van der Waals surface area contributed by atoms with Gasteiger partial charge in [0, 0.05) is 6.07 Å². The van der Waals surface area contributed by atoms with E-state index in [0.29, 0.717) is 6.10 Å². The predicted molar refractivity (Wildman–Crippen MR) is 71.2 cm³/mol. The monoisotopic (exact) mass is 247 g/mol. The summed E-state index contributed by atoms with van der Waals surface area (Å²) in [5.41, 5.74) is 0. The number of nitrogens with one attached hydrogen (secondary N) is 1. The molecule has 2 aliphatic rings. The molecule has 3 nitrogen and oxygen atoms in total. The van der Waals surface area contributed by atoms with E-state index in [0.717, 1.165) is 50.0 Å². The molecule has 0 amide bonds. The number of hydrogen-bond acceptors (Lipinski definition) is 3. The summed E-state index contributed by atoms with van der Waals surface area (Å²) < 4.78 is 11.8. The minimum Gasteiger partial charge on any atom is -0.493 e. The van der Waals surface area contributed by atoms with Crippen LogP contribution >= 0.6 is 0 Å². The fraction of sp³-hybridized carbons (Fsp3) is 0.600. The van der Waals surface area contributed by atoms with Crippen LogP contribution in [0.4, 0.5) is 0 Å². The van der Waals surface area contributed by atoms with Crippen LogP contribution < -0.4 is 14.8 Å². The maximum absolute atomic E-state index is 6.00. The third kappa shape index (κ3) is 3.39. The molecule has 0 bridgehead atoms. The van der Waals surface area contributed by atoms with Crippen LogP contribution in [-0.4, -0.2) is 25.8 Å². The van der Waals surface area contributed by atoms with Gasteiger partial charge in [-0.25, -0.2) is 0 Å². The molecule has 1 heterocycles. The van der Waals surface area contributed by atoms with Crippen molar-refractivity contribution in [2.75, 3.05) is 19.7 Å². The van der Waals surface area contributed by atoms with Gasteiger partial charge in [-0.15, -0.1) is 0 Å². The number of benzene rings is 1. The van der Waals surface area contributed by atoms with E-state index in [4.69, 9.17) is 9.47 Å². The average molecular weight is 247 g/mol. The number of piperidine rings is 1. The Morgan fingerprint density at radius 3 is 2.61 bits per heavy atom. The quantitative estimate of drug-likeness (QED) is 0.867. The molecule has 0 aromatic heterocycles. The lowest BCUT2D eigenvalue weighted by Gasteiger charge is -2.24. The second kappa shape index (κ2) is 5.61. The fourth-order valence-corrected chi connectivity index (χ4v) is 2.24. The summed E-state index contributed by atoms with van der Waals surface area (Å²) in [4.78, 5) is 0. The molecule has 18 heavy (non-hydrogen) atoms. The first-order valence-corrected chi connectivity index (χ1v) is 7.00. The summed E-state index contributed by atoms with van der Waals surface area (Å²) in [6, 6.07) is 8.06. The molecule has 2 fully saturated rings. The van der Waals surface area contributed by atoms with Gasteiger partial charge in [-0.3, -0.25) is 0 Å². The maximum Gasteiger partial charge on any atom is 0.123 e. The molecule has 0 radical (unpaired) electrons. The van der Waals surface area contributed by atoms with Gasteiger partial charge in [-0.2, -0.15) is 0 Å². The average Bonchev–Trinajstić information content (AvgIpc) is 3.22. The molecular formula is C15H21NO2. The molecule has 1 aliphatic heterocycles. The summed E-state index contributed by atoms with van der Waals surface area (Å²) in [7, 11) is 0. The van der Waals surface area contributed by atoms with Crippen molar-refractivity contribution in [2.45, 2.75) is 31.8 Å². The van der Waals surface area contributed by atoms with Gasteiger partial charge in [0.05, 0.1) is 6.61 Å². The Morgan fingerprint density at radius 1 is 1.06 bits per heavy atom. The van der Waals surface area contributed by atoms with Gasteiger partial charge < -0.3 is 14.8 Å². The van der Waals surface area contributed by atoms with Gasteiger partial charge in [0.2, 0.25) is 0 Å². The molecule has 3 rings (SSSR count). The van der Waals surface area contributed by atoms with Crippen LogP contribution in [-0.2, 0) is 0 Å². The highest BCUT2D eigenvalue weighted by Gasteiger charge is 2.22. The zero-order valence-electron chi connectivity index (χ0n) is 10.7. The zero-order chi connectivity index (χ0) is 12.2. The van der Waals surface area contributed by atoms with Crippen LogP contribution in [0.15, 0.2) is 24.3 Å². The normalized spacial score (nSPS) is 20.7. The van der Waals surface area contributed by atoms with Crippen LogP contribution in [0.3, 0.4) is 0 Å². The molecule has 1 N–H and O–H groups in total. The number of rotatable bonds is 5. The topological polar surface area (TPSA) is 30.5 Å². The van der Waals surface area contributed by atoms with Crippen molar-refractivity contribution in [1.82, 2.24) is 5.32 Å². The molecule has 98 valence electrons. The first kappa shape index (κ1) is 11.8. The van der Waals surface area contributed by atoms with E-state index < -0.39 is 0 Å². The van der Waals surface area contributed by atoms with Gasteiger partial charge in [0.25, 0.3) is 0 Å². The van der Waals surface area contributed by atoms with Crippen LogP contribution in [0, 0.1) is 5.92 Å². The SMILES string of the molecule is c1cc(OCC2CC2)cc(OC2CCNCC2)c1. The van der Waals surface area contributed by atoms with E-state index in [1.807, 2.05) is 24.3 Å². The minimum atomic E-state index is 0.352. The largest absolute Gasteiger partial charge is 0.493 e.